The first-order valence-electron chi connectivity index (χ1n) is 7.46. The van der Waals surface area contributed by atoms with Crippen molar-refractivity contribution in [1.82, 2.24) is 10.2 Å². The first-order chi connectivity index (χ1) is 9.31. The van der Waals surface area contributed by atoms with Crippen LogP contribution in [0.3, 0.4) is 0 Å². The van der Waals surface area contributed by atoms with Crippen LogP contribution in [0.4, 0.5) is 0 Å². The standard InChI is InChI=1S/C15H26N2O2/c1-2-3-8-17-9-6-13(7-10-17)16-11-14-4-5-15(12-18)19-14/h4-5,13,16,18H,2-3,6-12H2,1H3. The summed E-state index contributed by atoms with van der Waals surface area (Å²) in [4.78, 5) is 2.57. The van der Waals surface area contributed by atoms with Crippen LogP contribution in [0.5, 0.6) is 0 Å². The van der Waals surface area contributed by atoms with Crippen molar-refractivity contribution in [2.45, 2.75) is 51.8 Å². The van der Waals surface area contributed by atoms with E-state index in [4.69, 9.17) is 9.52 Å². The Kier molecular flexibility index (Phi) is 5.89. The summed E-state index contributed by atoms with van der Waals surface area (Å²) in [6.07, 6.45) is 5.03. The predicted molar refractivity (Wildman–Crippen MR) is 75.8 cm³/mol. The molecule has 1 aliphatic rings. The third-order valence-electron chi connectivity index (χ3n) is 3.85. The molecule has 0 aliphatic carbocycles. The molecule has 0 aromatic carbocycles. The van der Waals surface area contributed by atoms with E-state index in [9.17, 15) is 0 Å². The maximum atomic E-state index is 8.95. The van der Waals surface area contributed by atoms with Crippen molar-refractivity contribution in [1.29, 1.82) is 0 Å². The summed E-state index contributed by atoms with van der Waals surface area (Å²) in [5, 5.41) is 12.5. The number of hydrogen-bond donors (Lipinski definition) is 2. The fourth-order valence-electron chi connectivity index (χ4n) is 2.59. The van der Waals surface area contributed by atoms with Crippen molar-refractivity contribution >= 4 is 0 Å². The van der Waals surface area contributed by atoms with Gasteiger partial charge < -0.3 is 19.7 Å². The van der Waals surface area contributed by atoms with Gasteiger partial charge in [0.2, 0.25) is 0 Å². The van der Waals surface area contributed by atoms with E-state index >= 15 is 0 Å². The van der Waals surface area contributed by atoms with Crippen LogP contribution < -0.4 is 5.32 Å². The summed E-state index contributed by atoms with van der Waals surface area (Å²) in [6, 6.07) is 4.37. The summed E-state index contributed by atoms with van der Waals surface area (Å²) in [6.45, 7) is 6.66. The molecular formula is C15H26N2O2. The molecule has 2 N–H and O–H groups in total. The summed E-state index contributed by atoms with van der Waals surface area (Å²) in [7, 11) is 0. The molecule has 1 aromatic rings. The maximum Gasteiger partial charge on any atom is 0.129 e. The first kappa shape index (κ1) is 14.6. The Morgan fingerprint density at radius 2 is 2.05 bits per heavy atom. The van der Waals surface area contributed by atoms with Crippen molar-refractivity contribution in [2.24, 2.45) is 0 Å². The monoisotopic (exact) mass is 266 g/mol. The van der Waals surface area contributed by atoms with Crippen LogP contribution in [-0.4, -0.2) is 35.7 Å². The largest absolute Gasteiger partial charge is 0.462 e. The minimum atomic E-state index is -0.0180. The van der Waals surface area contributed by atoms with Crippen molar-refractivity contribution in [2.75, 3.05) is 19.6 Å². The van der Waals surface area contributed by atoms with Gasteiger partial charge in [-0.2, -0.15) is 0 Å². The van der Waals surface area contributed by atoms with Gasteiger partial charge in [-0.15, -0.1) is 0 Å². The third-order valence-corrected chi connectivity index (χ3v) is 3.85. The van der Waals surface area contributed by atoms with Crippen molar-refractivity contribution < 1.29 is 9.52 Å². The van der Waals surface area contributed by atoms with Crippen LogP contribution in [0.2, 0.25) is 0 Å². The number of aliphatic hydroxyl groups is 1. The van der Waals surface area contributed by atoms with E-state index in [2.05, 4.69) is 17.1 Å². The highest BCUT2D eigenvalue weighted by Gasteiger charge is 2.18. The molecule has 0 saturated carbocycles. The Labute approximate surface area is 115 Å². The SMILES string of the molecule is CCCCN1CCC(NCc2ccc(CO)o2)CC1. The summed E-state index contributed by atoms with van der Waals surface area (Å²) in [5.74, 6) is 1.56. The Bertz CT molecular complexity index is 357. The van der Waals surface area contributed by atoms with Gasteiger partial charge in [-0.25, -0.2) is 0 Å². The first-order valence-corrected chi connectivity index (χ1v) is 7.46. The lowest BCUT2D eigenvalue weighted by molar-refractivity contribution is 0.192. The zero-order chi connectivity index (χ0) is 13.5. The van der Waals surface area contributed by atoms with Crippen LogP contribution in [0.15, 0.2) is 16.5 Å². The molecule has 4 nitrogen and oxygen atoms in total. The average molecular weight is 266 g/mol. The second-order valence-corrected chi connectivity index (χ2v) is 5.38. The molecule has 19 heavy (non-hydrogen) atoms. The van der Waals surface area contributed by atoms with Gasteiger partial charge in [-0.1, -0.05) is 13.3 Å². The zero-order valence-electron chi connectivity index (χ0n) is 11.9. The average Bonchev–Trinajstić information content (AvgIpc) is 2.92. The Balaban J connectivity index is 1.65. The van der Waals surface area contributed by atoms with Gasteiger partial charge in [0.1, 0.15) is 18.1 Å². The van der Waals surface area contributed by atoms with Crippen molar-refractivity contribution in [3.63, 3.8) is 0 Å². The fourth-order valence-corrected chi connectivity index (χ4v) is 2.59. The minimum absolute atomic E-state index is 0.0180. The van der Waals surface area contributed by atoms with E-state index < -0.39 is 0 Å². The van der Waals surface area contributed by atoms with Crippen LogP contribution in [-0.2, 0) is 13.2 Å². The van der Waals surface area contributed by atoms with Gasteiger partial charge in [0.15, 0.2) is 0 Å². The molecule has 1 aromatic heterocycles. The number of piperidine rings is 1. The van der Waals surface area contributed by atoms with Gasteiger partial charge in [0.05, 0.1) is 6.54 Å². The maximum absolute atomic E-state index is 8.95. The van der Waals surface area contributed by atoms with E-state index in [1.807, 2.05) is 12.1 Å². The van der Waals surface area contributed by atoms with Crippen LogP contribution in [0.25, 0.3) is 0 Å². The van der Waals surface area contributed by atoms with E-state index in [1.54, 1.807) is 0 Å². The quantitative estimate of drug-likeness (QED) is 0.794. The van der Waals surface area contributed by atoms with Gasteiger partial charge in [0.25, 0.3) is 0 Å². The minimum Gasteiger partial charge on any atom is -0.462 e. The van der Waals surface area contributed by atoms with E-state index in [0.29, 0.717) is 11.8 Å². The molecule has 0 bridgehead atoms. The molecule has 1 saturated heterocycles. The Morgan fingerprint density at radius 1 is 1.32 bits per heavy atom. The van der Waals surface area contributed by atoms with Crippen LogP contribution >= 0.6 is 0 Å². The predicted octanol–water partition coefficient (Wildman–Crippen LogP) is 2.13. The molecule has 0 radical (unpaired) electrons. The van der Waals surface area contributed by atoms with E-state index in [0.717, 1.165) is 12.3 Å². The molecule has 108 valence electrons. The van der Waals surface area contributed by atoms with Crippen LogP contribution in [0.1, 0.15) is 44.1 Å². The zero-order valence-corrected chi connectivity index (χ0v) is 11.9. The van der Waals surface area contributed by atoms with Gasteiger partial charge in [0, 0.05) is 6.04 Å². The molecule has 0 unspecified atom stereocenters. The Morgan fingerprint density at radius 3 is 2.68 bits per heavy atom. The molecule has 0 amide bonds. The number of nitrogens with one attached hydrogen (secondary N) is 1. The lowest BCUT2D eigenvalue weighted by Gasteiger charge is -2.32. The number of aliphatic hydroxyl groups excluding tert-OH is 1. The normalized spacial score (nSPS) is 18.0. The number of likely N-dealkylation sites (tertiary alicyclic amines) is 1. The topological polar surface area (TPSA) is 48.6 Å². The van der Waals surface area contributed by atoms with Crippen LogP contribution in [0, 0.1) is 0 Å². The van der Waals surface area contributed by atoms with Crippen molar-refractivity contribution in [3.05, 3.63) is 23.7 Å². The number of hydrogen-bond acceptors (Lipinski definition) is 4. The molecule has 4 heteroatoms. The summed E-state index contributed by atoms with van der Waals surface area (Å²) < 4.78 is 5.48. The van der Waals surface area contributed by atoms with Gasteiger partial charge in [-0.3, -0.25) is 0 Å². The number of rotatable bonds is 7. The van der Waals surface area contributed by atoms with E-state index in [-0.39, 0.29) is 6.61 Å². The smallest absolute Gasteiger partial charge is 0.129 e. The highest BCUT2D eigenvalue weighted by Crippen LogP contribution is 2.13. The summed E-state index contributed by atoms with van der Waals surface area (Å²) >= 11 is 0. The molecular weight excluding hydrogens is 240 g/mol. The van der Waals surface area contributed by atoms with Crippen molar-refractivity contribution in [3.8, 4) is 0 Å². The second-order valence-electron chi connectivity index (χ2n) is 5.38. The number of unbranched alkanes of at least 4 members (excludes halogenated alkanes) is 1. The third kappa shape index (κ3) is 4.64. The van der Waals surface area contributed by atoms with Gasteiger partial charge >= 0.3 is 0 Å². The lowest BCUT2D eigenvalue weighted by Crippen LogP contribution is -2.42. The highest BCUT2D eigenvalue weighted by molar-refractivity contribution is 5.06. The Hall–Kier alpha value is -0.840. The summed E-state index contributed by atoms with van der Waals surface area (Å²) in [5.41, 5.74) is 0. The number of nitrogens with zero attached hydrogens (tertiary/aromatic N) is 1. The molecule has 2 rings (SSSR count). The molecule has 0 atom stereocenters. The second kappa shape index (κ2) is 7.68. The fraction of sp³-hybridized carbons (Fsp3) is 0.733. The van der Waals surface area contributed by atoms with E-state index in [1.165, 1.54) is 45.3 Å². The molecule has 0 spiro atoms. The molecule has 2 heterocycles. The van der Waals surface area contributed by atoms with Gasteiger partial charge in [-0.05, 0) is 51.0 Å². The lowest BCUT2D eigenvalue weighted by atomic mass is 10.0. The highest BCUT2D eigenvalue weighted by atomic mass is 16.4. The molecule has 1 fully saturated rings. The molecule has 1 aliphatic heterocycles. The number of furan rings is 1.